The molecule has 0 unspecified atom stereocenters. The molecule has 0 bridgehead atoms. The fourth-order valence-electron chi connectivity index (χ4n) is 3.94. The number of nitrogens with one attached hydrogen (secondary N) is 2. The monoisotopic (exact) mass is 362 g/mol. The number of aryl methyl sites for hydroxylation is 3. The molecule has 2 N–H and O–H groups in total. The summed E-state index contributed by atoms with van der Waals surface area (Å²) in [6.07, 6.45) is 8.54. The van der Waals surface area contributed by atoms with Gasteiger partial charge in [-0.3, -0.25) is 4.79 Å². The van der Waals surface area contributed by atoms with Crippen LogP contribution in [0.25, 0.3) is 10.9 Å². The van der Waals surface area contributed by atoms with Gasteiger partial charge in [-0.25, -0.2) is 9.97 Å². The first-order valence-electron chi connectivity index (χ1n) is 9.87. The third kappa shape index (κ3) is 4.02. The van der Waals surface area contributed by atoms with E-state index in [-0.39, 0.29) is 5.91 Å². The van der Waals surface area contributed by atoms with Crippen molar-refractivity contribution in [2.45, 2.75) is 51.9 Å². The van der Waals surface area contributed by atoms with E-state index in [1.807, 2.05) is 18.3 Å². The molecule has 1 aromatic carbocycles. The van der Waals surface area contributed by atoms with Gasteiger partial charge in [0.2, 0.25) is 5.91 Å². The normalized spacial score (nSPS) is 13.5. The molecule has 0 spiro atoms. The van der Waals surface area contributed by atoms with Crippen LogP contribution in [0.2, 0.25) is 0 Å². The first kappa shape index (κ1) is 17.7. The number of carbonyl (C=O) groups excluding carboxylic acids is 1. The van der Waals surface area contributed by atoms with E-state index in [9.17, 15) is 4.79 Å². The van der Waals surface area contributed by atoms with Crippen molar-refractivity contribution in [3.63, 3.8) is 0 Å². The van der Waals surface area contributed by atoms with Crippen LogP contribution in [0.1, 0.15) is 47.6 Å². The van der Waals surface area contributed by atoms with Gasteiger partial charge in [0.1, 0.15) is 5.82 Å². The number of nitrogens with zero attached hydrogens (tertiary/aromatic N) is 2. The standard InChI is InChI=1S/C22H26N4O/c1-15-17-6-2-5-9-20(17)26-21(25-15)12-13-23-22(27)11-10-16-14-24-19-8-4-3-7-18(16)19/h3-4,7-8,14,24H,2,5-6,9-13H2,1H3,(H,23,27). The molecule has 0 fully saturated rings. The third-order valence-electron chi connectivity index (χ3n) is 5.40. The second-order valence-electron chi connectivity index (χ2n) is 7.32. The topological polar surface area (TPSA) is 70.7 Å². The van der Waals surface area contributed by atoms with Crippen LogP contribution in [0.15, 0.2) is 30.5 Å². The van der Waals surface area contributed by atoms with Crippen LogP contribution in [-0.2, 0) is 30.5 Å². The van der Waals surface area contributed by atoms with Crippen LogP contribution in [0.5, 0.6) is 0 Å². The molecule has 2 aromatic heterocycles. The molecule has 0 radical (unpaired) electrons. The third-order valence-corrected chi connectivity index (χ3v) is 5.40. The Labute approximate surface area is 159 Å². The molecule has 5 nitrogen and oxygen atoms in total. The SMILES string of the molecule is Cc1nc(CCNC(=O)CCc2c[nH]c3ccccc23)nc2c1CCCC2. The lowest BCUT2D eigenvalue weighted by atomic mass is 9.95. The molecular formula is C22H26N4O. The van der Waals surface area contributed by atoms with Crippen molar-refractivity contribution in [2.24, 2.45) is 0 Å². The molecule has 0 saturated carbocycles. The maximum atomic E-state index is 12.2. The summed E-state index contributed by atoms with van der Waals surface area (Å²) in [5.41, 5.74) is 5.98. The molecular weight excluding hydrogens is 336 g/mol. The number of aromatic nitrogens is 3. The van der Waals surface area contributed by atoms with Crippen molar-refractivity contribution in [1.29, 1.82) is 0 Å². The van der Waals surface area contributed by atoms with Crippen molar-refractivity contribution in [2.75, 3.05) is 6.54 Å². The van der Waals surface area contributed by atoms with Gasteiger partial charge >= 0.3 is 0 Å². The molecule has 1 aliphatic carbocycles. The second-order valence-corrected chi connectivity index (χ2v) is 7.32. The maximum absolute atomic E-state index is 12.2. The molecule has 140 valence electrons. The minimum atomic E-state index is 0.0787. The van der Waals surface area contributed by atoms with Crippen molar-refractivity contribution in [1.82, 2.24) is 20.3 Å². The van der Waals surface area contributed by atoms with Crippen molar-refractivity contribution < 1.29 is 4.79 Å². The van der Waals surface area contributed by atoms with E-state index >= 15 is 0 Å². The second kappa shape index (κ2) is 7.91. The van der Waals surface area contributed by atoms with Crippen molar-refractivity contribution in [3.8, 4) is 0 Å². The quantitative estimate of drug-likeness (QED) is 0.706. The number of amides is 1. The Morgan fingerprint density at radius 3 is 2.93 bits per heavy atom. The van der Waals surface area contributed by atoms with Gasteiger partial charge in [-0.05, 0) is 56.2 Å². The van der Waals surface area contributed by atoms with Gasteiger partial charge < -0.3 is 10.3 Å². The average Bonchev–Trinajstić information content (AvgIpc) is 3.10. The molecule has 1 aliphatic rings. The van der Waals surface area contributed by atoms with Gasteiger partial charge in [-0.15, -0.1) is 0 Å². The highest BCUT2D eigenvalue weighted by Crippen LogP contribution is 2.22. The largest absolute Gasteiger partial charge is 0.361 e. The number of para-hydroxylation sites is 1. The maximum Gasteiger partial charge on any atom is 0.220 e. The molecule has 1 amide bonds. The summed E-state index contributed by atoms with van der Waals surface area (Å²) in [4.78, 5) is 24.8. The fourth-order valence-corrected chi connectivity index (χ4v) is 3.94. The van der Waals surface area contributed by atoms with Crippen LogP contribution >= 0.6 is 0 Å². The lowest BCUT2D eigenvalue weighted by molar-refractivity contribution is -0.121. The number of H-pyrrole nitrogens is 1. The van der Waals surface area contributed by atoms with E-state index in [1.54, 1.807) is 0 Å². The molecule has 4 rings (SSSR count). The fraction of sp³-hybridized carbons (Fsp3) is 0.409. The van der Waals surface area contributed by atoms with Gasteiger partial charge in [0.15, 0.2) is 0 Å². The molecule has 2 heterocycles. The van der Waals surface area contributed by atoms with Gasteiger partial charge in [-0.2, -0.15) is 0 Å². The van der Waals surface area contributed by atoms with Crippen molar-refractivity contribution >= 4 is 16.8 Å². The van der Waals surface area contributed by atoms with E-state index in [4.69, 9.17) is 4.98 Å². The Morgan fingerprint density at radius 2 is 2.00 bits per heavy atom. The predicted octanol–water partition coefficient (Wildman–Crippen LogP) is 3.44. The number of aromatic amines is 1. The Bertz CT molecular complexity index is 960. The Hall–Kier alpha value is -2.69. The van der Waals surface area contributed by atoms with Crippen LogP contribution in [0.4, 0.5) is 0 Å². The molecule has 3 aromatic rings. The molecule has 5 heteroatoms. The van der Waals surface area contributed by atoms with E-state index < -0.39 is 0 Å². The number of benzene rings is 1. The molecule has 0 saturated heterocycles. The predicted molar refractivity (Wildman–Crippen MR) is 107 cm³/mol. The van der Waals surface area contributed by atoms with Crippen LogP contribution < -0.4 is 5.32 Å². The van der Waals surface area contributed by atoms with E-state index in [0.29, 0.717) is 19.4 Å². The average molecular weight is 362 g/mol. The number of fused-ring (bicyclic) bond motifs is 2. The molecule has 27 heavy (non-hydrogen) atoms. The summed E-state index contributed by atoms with van der Waals surface area (Å²) in [6, 6.07) is 8.19. The number of carbonyl (C=O) groups is 1. The zero-order valence-corrected chi connectivity index (χ0v) is 15.8. The van der Waals surface area contributed by atoms with Crippen molar-refractivity contribution in [3.05, 3.63) is 58.8 Å². The van der Waals surface area contributed by atoms with E-state index in [0.717, 1.165) is 36.3 Å². The summed E-state index contributed by atoms with van der Waals surface area (Å²) < 4.78 is 0. The Kier molecular flexibility index (Phi) is 5.19. The lowest BCUT2D eigenvalue weighted by Crippen LogP contribution is -2.26. The Morgan fingerprint density at radius 1 is 1.15 bits per heavy atom. The highest BCUT2D eigenvalue weighted by atomic mass is 16.1. The van der Waals surface area contributed by atoms with E-state index in [2.05, 4.69) is 34.3 Å². The smallest absolute Gasteiger partial charge is 0.220 e. The van der Waals surface area contributed by atoms with Gasteiger partial charge in [0, 0.05) is 47.9 Å². The van der Waals surface area contributed by atoms with E-state index in [1.165, 1.54) is 35.0 Å². The van der Waals surface area contributed by atoms with Gasteiger partial charge in [0.05, 0.1) is 0 Å². The number of rotatable bonds is 6. The molecule has 0 atom stereocenters. The minimum absolute atomic E-state index is 0.0787. The molecule has 0 aliphatic heterocycles. The first-order valence-corrected chi connectivity index (χ1v) is 9.87. The number of hydrogen-bond donors (Lipinski definition) is 2. The first-order chi connectivity index (χ1) is 13.2. The summed E-state index contributed by atoms with van der Waals surface area (Å²) in [5, 5.41) is 4.21. The number of hydrogen-bond acceptors (Lipinski definition) is 3. The highest BCUT2D eigenvalue weighted by Gasteiger charge is 2.15. The van der Waals surface area contributed by atoms with Crippen LogP contribution in [0, 0.1) is 6.92 Å². The van der Waals surface area contributed by atoms with Gasteiger partial charge in [0.25, 0.3) is 0 Å². The zero-order valence-electron chi connectivity index (χ0n) is 15.8. The zero-order chi connectivity index (χ0) is 18.6. The minimum Gasteiger partial charge on any atom is -0.361 e. The lowest BCUT2D eigenvalue weighted by Gasteiger charge is -2.17. The summed E-state index contributed by atoms with van der Waals surface area (Å²) in [6.45, 7) is 2.67. The summed E-state index contributed by atoms with van der Waals surface area (Å²) in [5.74, 6) is 0.931. The van der Waals surface area contributed by atoms with Gasteiger partial charge in [-0.1, -0.05) is 18.2 Å². The summed E-state index contributed by atoms with van der Waals surface area (Å²) >= 11 is 0. The Balaban J connectivity index is 1.28. The summed E-state index contributed by atoms with van der Waals surface area (Å²) in [7, 11) is 0. The van der Waals surface area contributed by atoms with Crippen LogP contribution in [0.3, 0.4) is 0 Å². The van der Waals surface area contributed by atoms with Crippen LogP contribution in [-0.4, -0.2) is 27.4 Å². The highest BCUT2D eigenvalue weighted by molar-refractivity contribution is 5.84.